The van der Waals surface area contributed by atoms with E-state index in [1.54, 1.807) is 52.8 Å². The minimum absolute atomic E-state index is 0.0571. The van der Waals surface area contributed by atoms with Gasteiger partial charge in [0, 0.05) is 17.7 Å². The predicted octanol–water partition coefficient (Wildman–Crippen LogP) is 6.08. The van der Waals surface area contributed by atoms with Gasteiger partial charge in [0.25, 0.3) is 0 Å². The molecule has 1 amide bonds. The van der Waals surface area contributed by atoms with Crippen LogP contribution in [0.3, 0.4) is 0 Å². The minimum Gasteiger partial charge on any atom is -0.450 e. The van der Waals surface area contributed by atoms with Gasteiger partial charge in [-0.2, -0.15) is 0 Å². The van der Waals surface area contributed by atoms with Crippen molar-refractivity contribution in [1.29, 1.82) is 0 Å². The molecule has 1 N–H and O–H groups in total. The Kier molecular flexibility index (Phi) is 13.1. The van der Waals surface area contributed by atoms with Crippen LogP contribution >= 0.6 is 15.2 Å². The maximum Gasteiger partial charge on any atom is 0.411 e. The monoisotopic (exact) mass is 507 g/mol. The quantitative estimate of drug-likeness (QED) is 0.209. The third-order valence-corrected chi connectivity index (χ3v) is 10.4. The first-order chi connectivity index (χ1) is 15.7. The highest BCUT2D eigenvalue weighted by molar-refractivity contribution is 7.72. The molecule has 0 aliphatic rings. The molecule has 0 aromatic heterocycles. The Morgan fingerprint density at radius 2 is 1.36 bits per heavy atom. The summed E-state index contributed by atoms with van der Waals surface area (Å²) < 4.78 is 53.6. The van der Waals surface area contributed by atoms with E-state index in [2.05, 4.69) is 5.32 Å². The average Bonchev–Trinajstić information content (AvgIpc) is 2.74. The van der Waals surface area contributed by atoms with Crippen molar-refractivity contribution in [3.05, 3.63) is 29.8 Å². The lowest BCUT2D eigenvalue weighted by Gasteiger charge is -2.31. The molecule has 0 unspecified atom stereocenters. The number of carbonyl (C=O) groups is 2. The molecule has 0 radical (unpaired) electrons. The molecule has 10 nitrogen and oxygen atoms in total. The second-order valence-corrected chi connectivity index (χ2v) is 11.5. The number of rotatable bonds is 16. The smallest absolute Gasteiger partial charge is 0.411 e. The Hall–Kier alpha value is -1.54. The van der Waals surface area contributed by atoms with Gasteiger partial charge in [0.05, 0.1) is 33.0 Å². The molecule has 0 fully saturated rings. The number of carbonyl (C=O) groups excluding carboxylic acids is 2. The van der Waals surface area contributed by atoms with E-state index in [4.69, 9.17) is 22.8 Å². The first-order valence-electron chi connectivity index (χ1n) is 11.0. The molecule has 1 aromatic rings. The maximum absolute atomic E-state index is 13.5. The zero-order valence-electron chi connectivity index (χ0n) is 19.9. The molecule has 188 valence electrons. The van der Waals surface area contributed by atoms with E-state index in [0.29, 0.717) is 11.3 Å². The van der Waals surface area contributed by atoms with Gasteiger partial charge in [-0.05, 0) is 53.2 Å². The SMILES string of the molecule is CCOC(=O)Nc1cccc(C(=O)CCC(P(=O)(OCC)OCC)P(=O)(OCC)OCC)c1. The fourth-order valence-corrected chi connectivity index (χ4v) is 8.44. The van der Waals surface area contributed by atoms with Crippen LogP contribution < -0.4 is 5.32 Å². The average molecular weight is 507 g/mol. The highest BCUT2D eigenvalue weighted by Gasteiger charge is 2.50. The number of Topliss-reactive ketones (excluding diaryl/α,β-unsaturated/α-hetero) is 1. The van der Waals surface area contributed by atoms with Crippen LogP contribution in [-0.2, 0) is 32.0 Å². The van der Waals surface area contributed by atoms with Crippen LogP contribution in [0.15, 0.2) is 24.3 Å². The van der Waals surface area contributed by atoms with Crippen LogP contribution in [0.5, 0.6) is 0 Å². The minimum atomic E-state index is -3.93. The molecule has 12 heteroatoms. The van der Waals surface area contributed by atoms with E-state index in [0.717, 1.165) is 0 Å². The molecule has 33 heavy (non-hydrogen) atoms. The molecule has 1 rings (SSSR count). The second-order valence-electron chi connectivity index (χ2n) is 6.62. The zero-order valence-corrected chi connectivity index (χ0v) is 21.7. The van der Waals surface area contributed by atoms with E-state index in [1.165, 1.54) is 6.07 Å². The van der Waals surface area contributed by atoms with Gasteiger partial charge in [-0.25, -0.2) is 4.79 Å². The van der Waals surface area contributed by atoms with Gasteiger partial charge in [-0.3, -0.25) is 19.2 Å². The number of anilines is 1. The van der Waals surface area contributed by atoms with Crippen molar-refractivity contribution >= 4 is 32.8 Å². The molecule has 0 atom stereocenters. The highest BCUT2D eigenvalue weighted by Crippen LogP contribution is 2.71. The molecule has 0 aliphatic heterocycles. The van der Waals surface area contributed by atoms with E-state index in [9.17, 15) is 18.7 Å². The molecule has 0 heterocycles. The Bertz CT molecular complexity index is 812. The van der Waals surface area contributed by atoms with Crippen molar-refractivity contribution in [2.24, 2.45) is 0 Å². The summed E-state index contributed by atoms with van der Waals surface area (Å²) in [4.78, 5) is 24.6. The summed E-state index contributed by atoms with van der Waals surface area (Å²) in [5.74, 6) is -0.313. The first-order valence-corrected chi connectivity index (χ1v) is 14.3. The third-order valence-electron chi connectivity index (χ3n) is 4.30. The van der Waals surface area contributed by atoms with Gasteiger partial charge in [-0.1, -0.05) is 12.1 Å². The number of amides is 1. The number of ether oxygens (including phenoxy) is 1. The maximum atomic E-state index is 13.5. The Balaban J connectivity index is 3.16. The van der Waals surface area contributed by atoms with Gasteiger partial charge in [0.15, 0.2) is 11.2 Å². The second kappa shape index (κ2) is 14.7. The van der Waals surface area contributed by atoms with E-state index in [1.807, 2.05) is 0 Å². The van der Waals surface area contributed by atoms with Crippen LogP contribution in [0.2, 0.25) is 0 Å². The summed E-state index contributed by atoms with van der Waals surface area (Å²) in [6.45, 7) is 8.69. The van der Waals surface area contributed by atoms with Crippen molar-refractivity contribution < 1.29 is 41.6 Å². The Morgan fingerprint density at radius 1 is 0.848 bits per heavy atom. The summed E-state index contributed by atoms with van der Waals surface area (Å²) in [5.41, 5.74) is 0.702. The van der Waals surface area contributed by atoms with Crippen molar-refractivity contribution in [3.8, 4) is 0 Å². The fourth-order valence-electron chi connectivity index (χ4n) is 3.09. The first kappa shape index (κ1) is 29.5. The van der Waals surface area contributed by atoms with E-state index >= 15 is 0 Å². The summed E-state index contributed by atoms with van der Waals surface area (Å²) in [6.07, 6.45) is -0.865. The molecule has 0 saturated heterocycles. The summed E-state index contributed by atoms with van der Waals surface area (Å²) in [5, 5.41) is 1.27. The normalized spacial score (nSPS) is 12.1. The van der Waals surface area contributed by atoms with Gasteiger partial charge in [0.1, 0.15) is 0 Å². The molecule has 0 bridgehead atoms. The van der Waals surface area contributed by atoms with Crippen molar-refractivity contribution in [3.63, 3.8) is 0 Å². The van der Waals surface area contributed by atoms with Gasteiger partial charge < -0.3 is 22.8 Å². The molecular weight excluding hydrogens is 472 g/mol. The lowest BCUT2D eigenvalue weighted by Crippen LogP contribution is -2.19. The fraction of sp³-hybridized carbons (Fsp3) is 0.619. The summed E-state index contributed by atoms with van der Waals surface area (Å²) >= 11 is 0. The van der Waals surface area contributed by atoms with Crippen molar-refractivity contribution in [1.82, 2.24) is 0 Å². The molecular formula is C21H35NO9P2. The molecule has 0 saturated carbocycles. The number of hydrogen-bond acceptors (Lipinski definition) is 9. The summed E-state index contributed by atoms with van der Waals surface area (Å²) in [6, 6.07) is 6.32. The Labute approximate surface area is 195 Å². The van der Waals surface area contributed by atoms with E-state index in [-0.39, 0.29) is 51.7 Å². The van der Waals surface area contributed by atoms with Crippen LogP contribution in [0.1, 0.15) is 57.8 Å². The van der Waals surface area contributed by atoms with Gasteiger partial charge in [-0.15, -0.1) is 0 Å². The van der Waals surface area contributed by atoms with Crippen LogP contribution in [0.25, 0.3) is 0 Å². The van der Waals surface area contributed by atoms with Crippen molar-refractivity contribution in [2.45, 2.75) is 52.9 Å². The lowest BCUT2D eigenvalue weighted by molar-refractivity contribution is 0.0979. The number of benzene rings is 1. The van der Waals surface area contributed by atoms with Crippen LogP contribution in [0, 0.1) is 0 Å². The Morgan fingerprint density at radius 3 is 1.82 bits per heavy atom. The molecule has 0 spiro atoms. The standard InChI is InChI=1S/C21H35NO9P2/c1-6-27-21(24)22-18-13-11-12-17(16-18)19(23)14-15-20(32(25,28-7-2)29-8-3)33(26,30-9-4)31-10-5/h11-13,16,20H,6-10,14-15H2,1-5H3,(H,22,24). The lowest BCUT2D eigenvalue weighted by atomic mass is 10.1. The number of ketones is 1. The van der Waals surface area contributed by atoms with Gasteiger partial charge >= 0.3 is 21.3 Å². The highest BCUT2D eigenvalue weighted by atomic mass is 31.2. The predicted molar refractivity (Wildman–Crippen MR) is 126 cm³/mol. The van der Waals surface area contributed by atoms with E-state index < -0.39 is 26.7 Å². The largest absolute Gasteiger partial charge is 0.450 e. The van der Waals surface area contributed by atoms with Crippen molar-refractivity contribution in [2.75, 3.05) is 38.4 Å². The number of nitrogens with one attached hydrogen (secondary N) is 1. The summed E-state index contributed by atoms with van der Waals surface area (Å²) in [7, 11) is -7.87. The topological polar surface area (TPSA) is 126 Å². The molecule has 1 aromatic carbocycles. The third kappa shape index (κ3) is 8.96. The van der Waals surface area contributed by atoms with Gasteiger partial charge in [0.2, 0.25) is 0 Å². The van der Waals surface area contributed by atoms with Crippen LogP contribution in [-0.4, -0.2) is 50.3 Å². The zero-order chi connectivity index (χ0) is 24.9. The van der Waals surface area contributed by atoms with Crippen LogP contribution in [0.4, 0.5) is 10.5 Å². The molecule has 0 aliphatic carbocycles. The number of hydrogen-bond donors (Lipinski definition) is 1.